The Balaban J connectivity index is 2.12. The first-order valence-electron chi connectivity index (χ1n) is 5.42. The number of amides is 2. The van der Waals surface area contributed by atoms with Gasteiger partial charge < -0.3 is 20.5 Å². The molecule has 2 unspecified atom stereocenters. The number of carbonyl (C=O) groups is 2. The van der Waals surface area contributed by atoms with E-state index in [4.69, 9.17) is 9.84 Å². The van der Waals surface area contributed by atoms with Crippen LogP contribution in [-0.2, 0) is 9.53 Å². The van der Waals surface area contributed by atoms with Gasteiger partial charge in [-0.05, 0) is 13.3 Å². The first-order chi connectivity index (χ1) is 7.58. The average Bonchev–Trinajstić information content (AvgIpc) is 2.65. The van der Waals surface area contributed by atoms with Gasteiger partial charge in [0.15, 0.2) is 0 Å². The molecule has 1 aliphatic heterocycles. The lowest BCUT2D eigenvalue weighted by Gasteiger charge is -2.14. The van der Waals surface area contributed by atoms with E-state index in [1.165, 1.54) is 0 Å². The first-order valence-corrected chi connectivity index (χ1v) is 5.42. The van der Waals surface area contributed by atoms with Crippen LogP contribution in [0.5, 0.6) is 0 Å². The summed E-state index contributed by atoms with van der Waals surface area (Å²) < 4.78 is 5.17. The van der Waals surface area contributed by atoms with Crippen LogP contribution in [0.25, 0.3) is 0 Å². The highest BCUT2D eigenvalue weighted by molar-refractivity contribution is 5.75. The van der Waals surface area contributed by atoms with E-state index < -0.39 is 5.97 Å². The number of carbonyl (C=O) groups excluding carboxylic acids is 1. The van der Waals surface area contributed by atoms with Crippen LogP contribution < -0.4 is 10.6 Å². The van der Waals surface area contributed by atoms with Crippen LogP contribution in [-0.4, -0.2) is 42.9 Å². The van der Waals surface area contributed by atoms with Crippen molar-refractivity contribution in [2.24, 2.45) is 5.92 Å². The summed E-state index contributed by atoms with van der Waals surface area (Å²) in [5.74, 6) is -0.544. The molecule has 0 saturated carbocycles. The lowest BCUT2D eigenvalue weighted by molar-refractivity contribution is -0.137. The molecule has 2 atom stereocenters. The number of aliphatic carboxylic acids is 1. The van der Waals surface area contributed by atoms with Gasteiger partial charge in [-0.2, -0.15) is 0 Å². The van der Waals surface area contributed by atoms with Gasteiger partial charge in [0.05, 0.1) is 13.0 Å². The largest absolute Gasteiger partial charge is 0.481 e. The van der Waals surface area contributed by atoms with Crippen molar-refractivity contribution in [3.8, 4) is 0 Å². The third kappa shape index (κ3) is 4.97. The van der Waals surface area contributed by atoms with Crippen molar-refractivity contribution in [3.63, 3.8) is 0 Å². The molecular weight excluding hydrogens is 212 g/mol. The maximum absolute atomic E-state index is 11.3. The molecule has 1 saturated heterocycles. The second kappa shape index (κ2) is 6.32. The quantitative estimate of drug-likeness (QED) is 0.629. The number of ether oxygens (including phenoxy) is 1. The molecule has 6 nitrogen and oxygen atoms in total. The number of rotatable bonds is 5. The summed E-state index contributed by atoms with van der Waals surface area (Å²) in [7, 11) is 0. The summed E-state index contributed by atoms with van der Waals surface area (Å²) in [6, 6.07) is -0.682. The van der Waals surface area contributed by atoms with Crippen LogP contribution in [0.4, 0.5) is 4.79 Å². The maximum atomic E-state index is 11.3. The minimum absolute atomic E-state index is 0.0695. The normalized spacial score (nSPS) is 21.4. The Bertz CT molecular complexity index is 251. The van der Waals surface area contributed by atoms with E-state index in [9.17, 15) is 9.59 Å². The molecule has 0 aromatic heterocycles. The Morgan fingerprint density at radius 2 is 2.31 bits per heavy atom. The molecule has 0 radical (unpaired) electrons. The standard InChI is InChI=1S/C10H18N2O4/c1-7(4-9(13)14)12-10(15)11-5-8-2-3-16-6-8/h7-8H,2-6H2,1H3,(H,13,14)(H2,11,12,15). The van der Waals surface area contributed by atoms with Crippen LogP contribution in [0.15, 0.2) is 0 Å². The second-order valence-corrected chi connectivity index (χ2v) is 4.08. The second-order valence-electron chi connectivity index (χ2n) is 4.08. The zero-order valence-electron chi connectivity index (χ0n) is 9.36. The maximum Gasteiger partial charge on any atom is 0.315 e. The molecule has 0 spiro atoms. The Morgan fingerprint density at radius 3 is 2.88 bits per heavy atom. The number of hydrogen-bond acceptors (Lipinski definition) is 3. The summed E-state index contributed by atoms with van der Waals surface area (Å²) >= 11 is 0. The summed E-state index contributed by atoms with van der Waals surface area (Å²) in [6.45, 7) is 3.67. The van der Waals surface area contributed by atoms with Crippen molar-refractivity contribution in [2.45, 2.75) is 25.8 Å². The van der Waals surface area contributed by atoms with E-state index in [2.05, 4.69) is 10.6 Å². The minimum Gasteiger partial charge on any atom is -0.481 e. The number of urea groups is 1. The van der Waals surface area contributed by atoms with Gasteiger partial charge in [-0.1, -0.05) is 0 Å². The molecule has 1 heterocycles. The number of carboxylic acids is 1. The average molecular weight is 230 g/mol. The Kier molecular flexibility index (Phi) is 5.04. The van der Waals surface area contributed by atoms with Crippen LogP contribution in [0.2, 0.25) is 0 Å². The van der Waals surface area contributed by atoms with Crippen molar-refractivity contribution in [1.29, 1.82) is 0 Å². The van der Waals surface area contributed by atoms with E-state index in [0.717, 1.165) is 13.0 Å². The third-order valence-electron chi connectivity index (χ3n) is 2.43. The predicted octanol–water partition coefficient (Wildman–Crippen LogP) is 0.185. The van der Waals surface area contributed by atoms with Crippen LogP contribution in [0.3, 0.4) is 0 Å². The van der Waals surface area contributed by atoms with E-state index in [1.54, 1.807) is 6.92 Å². The summed E-state index contributed by atoms with van der Waals surface area (Å²) in [6.07, 6.45) is 0.894. The van der Waals surface area contributed by atoms with Crippen molar-refractivity contribution in [2.75, 3.05) is 19.8 Å². The topological polar surface area (TPSA) is 87.7 Å². The Labute approximate surface area is 94.3 Å². The van der Waals surface area contributed by atoms with Crippen LogP contribution >= 0.6 is 0 Å². The number of hydrogen-bond donors (Lipinski definition) is 3. The fourth-order valence-corrected chi connectivity index (χ4v) is 1.57. The molecule has 16 heavy (non-hydrogen) atoms. The van der Waals surface area contributed by atoms with E-state index in [-0.39, 0.29) is 18.5 Å². The summed E-state index contributed by atoms with van der Waals surface area (Å²) in [4.78, 5) is 21.7. The monoisotopic (exact) mass is 230 g/mol. The van der Waals surface area contributed by atoms with Gasteiger partial charge in [0.25, 0.3) is 0 Å². The smallest absolute Gasteiger partial charge is 0.315 e. The predicted molar refractivity (Wildman–Crippen MR) is 57.2 cm³/mol. The number of carboxylic acid groups (broad SMARTS) is 1. The molecule has 0 bridgehead atoms. The zero-order chi connectivity index (χ0) is 12.0. The highest BCUT2D eigenvalue weighted by Crippen LogP contribution is 2.10. The fourth-order valence-electron chi connectivity index (χ4n) is 1.57. The van der Waals surface area contributed by atoms with Gasteiger partial charge in [0.2, 0.25) is 0 Å². The summed E-state index contributed by atoms with van der Waals surface area (Å²) in [5, 5.41) is 13.8. The molecule has 92 valence electrons. The van der Waals surface area contributed by atoms with Crippen molar-refractivity contribution in [3.05, 3.63) is 0 Å². The molecule has 1 aliphatic rings. The Morgan fingerprint density at radius 1 is 1.56 bits per heavy atom. The molecule has 3 N–H and O–H groups in total. The molecule has 1 rings (SSSR count). The van der Waals surface area contributed by atoms with Gasteiger partial charge in [0.1, 0.15) is 0 Å². The Hall–Kier alpha value is -1.30. The van der Waals surface area contributed by atoms with Gasteiger partial charge in [0, 0.05) is 25.1 Å². The molecule has 0 aromatic rings. The molecule has 0 aliphatic carbocycles. The van der Waals surface area contributed by atoms with Crippen molar-refractivity contribution in [1.82, 2.24) is 10.6 Å². The first kappa shape index (κ1) is 12.8. The van der Waals surface area contributed by atoms with E-state index >= 15 is 0 Å². The third-order valence-corrected chi connectivity index (χ3v) is 2.43. The molecule has 0 aromatic carbocycles. The van der Waals surface area contributed by atoms with Gasteiger partial charge in [-0.25, -0.2) is 4.79 Å². The van der Waals surface area contributed by atoms with Gasteiger partial charge >= 0.3 is 12.0 Å². The van der Waals surface area contributed by atoms with Gasteiger partial charge in [-0.3, -0.25) is 4.79 Å². The fraction of sp³-hybridized carbons (Fsp3) is 0.800. The number of nitrogens with one attached hydrogen (secondary N) is 2. The SMILES string of the molecule is CC(CC(=O)O)NC(=O)NCC1CCOC1. The molecule has 6 heteroatoms. The highest BCUT2D eigenvalue weighted by Gasteiger charge is 2.17. The van der Waals surface area contributed by atoms with E-state index in [0.29, 0.717) is 19.1 Å². The van der Waals surface area contributed by atoms with Gasteiger partial charge in [-0.15, -0.1) is 0 Å². The highest BCUT2D eigenvalue weighted by atomic mass is 16.5. The van der Waals surface area contributed by atoms with Crippen molar-refractivity contribution >= 4 is 12.0 Å². The van der Waals surface area contributed by atoms with Crippen molar-refractivity contribution < 1.29 is 19.4 Å². The van der Waals surface area contributed by atoms with Crippen LogP contribution in [0.1, 0.15) is 19.8 Å². The van der Waals surface area contributed by atoms with E-state index in [1.807, 2.05) is 0 Å². The van der Waals surface area contributed by atoms with Crippen LogP contribution in [0, 0.1) is 5.92 Å². The lowest BCUT2D eigenvalue weighted by Crippen LogP contribution is -2.43. The lowest BCUT2D eigenvalue weighted by atomic mass is 10.1. The zero-order valence-corrected chi connectivity index (χ0v) is 9.36. The molecule has 1 fully saturated rings. The molecule has 2 amide bonds. The summed E-state index contributed by atoms with van der Waals surface area (Å²) in [5.41, 5.74) is 0. The minimum atomic E-state index is -0.919. The molecular formula is C10H18N2O4.